The SMILES string of the molecule is CCCCCCCCCCCC[N+](C)(C)C.[Br-].[NaH]. The second-order valence-electron chi connectivity index (χ2n) is 6.20. The van der Waals surface area contributed by atoms with E-state index in [2.05, 4.69) is 28.1 Å². The van der Waals surface area contributed by atoms with Gasteiger partial charge in [0, 0.05) is 0 Å². The Hall–Kier alpha value is 1.44. The van der Waals surface area contributed by atoms with E-state index in [-0.39, 0.29) is 46.5 Å². The second kappa shape index (κ2) is 16.5. The molecule has 18 heavy (non-hydrogen) atoms. The first-order chi connectivity index (χ1) is 7.56. The van der Waals surface area contributed by atoms with Gasteiger partial charge in [-0.05, 0) is 12.8 Å². The van der Waals surface area contributed by atoms with Gasteiger partial charge in [-0.1, -0.05) is 58.3 Å². The molecule has 0 aromatic rings. The van der Waals surface area contributed by atoms with Crippen LogP contribution in [0.4, 0.5) is 0 Å². The topological polar surface area (TPSA) is 0 Å². The summed E-state index contributed by atoms with van der Waals surface area (Å²) in [6.07, 6.45) is 14.4. The van der Waals surface area contributed by atoms with Gasteiger partial charge >= 0.3 is 29.6 Å². The molecule has 0 N–H and O–H groups in total. The molecule has 0 saturated carbocycles. The van der Waals surface area contributed by atoms with Crippen molar-refractivity contribution in [3.05, 3.63) is 0 Å². The third-order valence-corrected chi connectivity index (χ3v) is 3.18. The molecule has 0 heterocycles. The van der Waals surface area contributed by atoms with Crippen LogP contribution < -0.4 is 17.0 Å². The number of unbranched alkanes of at least 4 members (excludes halogenated alkanes) is 9. The number of rotatable bonds is 11. The van der Waals surface area contributed by atoms with Gasteiger partial charge in [0.2, 0.25) is 0 Å². The third-order valence-electron chi connectivity index (χ3n) is 3.18. The molecule has 0 aromatic carbocycles. The van der Waals surface area contributed by atoms with E-state index in [0.717, 1.165) is 4.48 Å². The standard InChI is InChI=1S/C15H34N.BrH.Na.H/c1-5-6-7-8-9-10-11-12-13-14-15-16(2,3)4;;;/h5-15H2,1-4H3;1H;;/q+1;;;/p-1. The average Bonchev–Trinajstić information content (AvgIpc) is 2.19. The molecule has 0 aromatic heterocycles. The molecule has 0 atom stereocenters. The molecule has 1 nitrogen and oxygen atoms in total. The van der Waals surface area contributed by atoms with E-state index in [0.29, 0.717) is 0 Å². The van der Waals surface area contributed by atoms with Gasteiger partial charge in [0.05, 0.1) is 27.7 Å². The fourth-order valence-electron chi connectivity index (χ4n) is 2.07. The molecule has 0 aliphatic carbocycles. The van der Waals surface area contributed by atoms with Crippen LogP contribution in [-0.2, 0) is 0 Å². The van der Waals surface area contributed by atoms with Crippen molar-refractivity contribution in [1.29, 1.82) is 0 Å². The van der Waals surface area contributed by atoms with Crippen molar-refractivity contribution in [2.75, 3.05) is 27.7 Å². The summed E-state index contributed by atoms with van der Waals surface area (Å²) in [6, 6.07) is 0. The molecule has 0 rings (SSSR count). The van der Waals surface area contributed by atoms with Gasteiger partial charge < -0.3 is 21.5 Å². The first-order valence-corrected chi connectivity index (χ1v) is 7.36. The molecular weight excluding hydrogens is 297 g/mol. The van der Waals surface area contributed by atoms with Crippen LogP contribution in [0.15, 0.2) is 0 Å². The number of halogens is 1. The van der Waals surface area contributed by atoms with E-state index in [1.807, 2.05) is 0 Å². The summed E-state index contributed by atoms with van der Waals surface area (Å²) in [5.74, 6) is 0. The van der Waals surface area contributed by atoms with Crippen molar-refractivity contribution < 1.29 is 21.5 Å². The molecular formula is C15H35BrNNa. The first-order valence-electron chi connectivity index (χ1n) is 7.36. The van der Waals surface area contributed by atoms with E-state index in [9.17, 15) is 0 Å². The van der Waals surface area contributed by atoms with Gasteiger partial charge in [0.15, 0.2) is 0 Å². The van der Waals surface area contributed by atoms with E-state index < -0.39 is 0 Å². The van der Waals surface area contributed by atoms with Gasteiger partial charge in [-0.25, -0.2) is 0 Å². The van der Waals surface area contributed by atoms with Gasteiger partial charge in [-0.2, -0.15) is 0 Å². The van der Waals surface area contributed by atoms with Crippen LogP contribution in [0.1, 0.15) is 71.1 Å². The van der Waals surface area contributed by atoms with Crippen molar-refractivity contribution in [1.82, 2.24) is 0 Å². The maximum atomic E-state index is 2.29. The summed E-state index contributed by atoms with van der Waals surface area (Å²) in [5.41, 5.74) is 0. The number of hydrogen-bond acceptors (Lipinski definition) is 0. The zero-order valence-electron chi connectivity index (χ0n) is 12.6. The van der Waals surface area contributed by atoms with Gasteiger partial charge in [0.25, 0.3) is 0 Å². The van der Waals surface area contributed by atoms with Crippen molar-refractivity contribution in [2.24, 2.45) is 0 Å². The Balaban J connectivity index is -0.00000112. The molecule has 0 unspecified atom stereocenters. The van der Waals surface area contributed by atoms with Crippen LogP contribution in [0.25, 0.3) is 0 Å². The summed E-state index contributed by atoms with van der Waals surface area (Å²) >= 11 is 0. The molecule has 0 spiro atoms. The quantitative estimate of drug-likeness (QED) is 0.300. The average molecular weight is 332 g/mol. The fourth-order valence-corrected chi connectivity index (χ4v) is 2.07. The predicted molar refractivity (Wildman–Crippen MR) is 81.9 cm³/mol. The Morgan fingerprint density at radius 1 is 0.611 bits per heavy atom. The molecule has 0 radical (unpaired) electrons. The van der Waals surface area contributed by atoms with Crippen LogP contribution in [0, 0.1) is 0 Å². The summed E-state index contributed by atoms with van der Waals surface area (Å²) in [6.45, 7) is 3.62. The van der Waals surface area contributed by atoms with E-state index in [1.54, 1.807) is 0 Å². The fraction of sp³-hybridized carbons (Fsp3) is 1.00. The zero-order valence-corrected chi connectivity index (χ0v) is 14.2. The molecule has 0 amide bonds. The van der Waals surface area contributed by atoms with Crippen molar-refractivity contribution in [3.63, 3.8) is 0 Å². The first kappa shape index (κ1) is 24.5. The normalized spacial score (nSPS) is 10.7. The molecule has 0 fully saturated rings. The minimum atomic E-state index is 0. The molecule has 3 heteroatoms. The molecule has 0 aliphatic heterocycles. The van der Waals surface area contributed by atoms with Gasteiger partial charge in [0.1, 0.15) is 0 Å². The monoisotopic (exact) mass is 331 g/mol. The predicted octanol–water partition coefficient (Wildman–Crippen LogP) is 0.969. The Morgan fingerprint density at radius 3 is 1.28 bits per heavy atom. The summed E-state index contributed by atoms with van der Waals surface area (Å²) in [7, 11) is 6.86. The van der Waals surface area contributed by atoms with Crippen LogP contribution in [0.2, 0.25) is 0 Å². The van der Waals surface area contributed by atoms with Gasteiger partial charge in [-0.3, -0.25) is 0 Å². The van der Waals surface area contributed by atoms with E-state index >= 15 is 0 Å². The molecule has 0 aliphatic rings. The number of hydrogen-bond donors (Lipinski definition) is 0. The third kappa shape index (κ3) is 22.6. The van der Waals surface area contributed by atoms with Crippen molar-refractivity contribution >= 4 is 29.6 Å². The van der Waals surface area contributed by atoms with Gasteiger partial charge in [-0.15, -0.1) is 0 Å². The molecule has 0 bridgehead atoms. The Labute approximate surface area is 149 Å². The van der Waals surface area contributed by atoms with Crippen molar-refractivity contribution in [3.8, 4) is 0 Å². The zero-order chi connectivity index (χ0) is 12.3. The number of quaternary nitrogens is 1. The van der Waals surface area contributed by atoms with Crippen LogP contribution in [0.3, 0.4) is 0 Å². The maximum absolute atomic E-state index is 2.29. The molecule has 108 valence electrons. The van der Waals surface area contributed by atoms with Crippen LogP contribution in [0.5, 0.6) is 0 Å². The summed E-state index contributed by atoms with van der Waals surface area (Å²) < 4.78 is 1.12. The van der Waals surface area contributed by atoms with Crippen LogP contribution in [-0.4, -0.2) is 61.7 Å². The number of nitrogens with zero attached hydrogens (tertiary/aromatic N) is 1. The van der Waals surface area contributed by atoms with Crippen LogP contribution >= 0.6 is 0 Å². The van der Waals surface area contributed by atoms with E-state index in [4.69, 9.17) is 0 Å². The summed E-state index contributed by atoms with van der Waals surface area (Å²) in [5, 5.41) is 0. The Bertz CT molecular complexity index is 146. The second-order valence-corrected chi connectivity index (χ2v) is 6.20. The van der Waals surface area contributed by atoms with Crippen molar-refractivity contribution in [2.45, 2.75) is 71.1 Å². The molecule has 0 saturated heterocycles. The Kier molecular flexibility index (Phi) is 22.4. The van der Waals surface area contributed by atoms with E-state index in [1.165, 1.54) is 70.8 Å². The summed E-state index contributed by atoms with van der Waals surface area (Å²) in [4.78, 5) is 0. The minimum absolute atomic E-state index is 0. The Morgan fingerprint density at radius 2 is 0.944 bits per heavy atom.